The molecule has 0 fully saturated rings. The zero-order valence-corrected chi connectivity index (χ0v) is 2.59. The molecular weight excluding hydrogens is 103 g/mol. The van der Waals surface area contributed by atoms with Crippen LogP contribution < -0.4 is 0 Å². The average molecular weight is 108 g/mol. The maximum atomic E-state index is 8.57. The molecule has 0 aliphatic rings. The van der Waals surface area contributed by atoms with Gasteiger partial charge < -0.3 is 4.89 Å². The SMILES string of the molecule is O=[PH2]O.[CaH2]. The fraction of sp³-hybridized carbons (Fsp3) is 0. The average Bonchev–Trinajstić information content (AvgIpc) is 0.918. The van der Waals surface area contributed by atoms with Crippen molar-refractivity contribution in [3.8, 4) is 0 Å². The summed E-state index contributed by atoms with van der Waals surface area (Å²) in [7, 11) is -1.50. The third kappa shape index (κ3) is 9.85. The third-order valence-corrected chi connectivity index (χ3v) is 0. The van der Waals surface area contributed by atoms with Crippen molar-refractivity contribution in [2.75, 3.05) is 0 Å². The Kier molecular flexibility index (Phi) is 20.0. The van der Waals surface area contributed by atoms with E-state index in [4.69, 9.17) is 9.46 Å². The summed E-state index contributed by atoms with van der Waals surface area (Å²) in [6.45, 7) is 0. The van der Waals surface area contributed by atoms with Gasteiger partial charge in [-0.2, -0.15) is 0 Å². The van der Waals surface area contributed by atoms with E-state index in [1.54, 1.807) is 0 Å². The molecule has 0 heterocycles. The van der Waals surface area contributed by atoms with Crippen LogP contribution in [0.2, 0.25) is 0 Å². The molecule has 0 saturated heterocycles. The summed E-state index contributed by atoms with van der Waals surface area (Å²) in [5.74, 6) is 0. The van der Waals surface area contributed by atoms with Crippen LogP contribution >= 0.6 is 8.69 Å². The van der Waals surface area contributed by atoms with E-state index in [1.165, 1.54) is 0 Å². The Morgan fingerprint density at radius 2 is 1.75 bits per heavy atom. The van der Waals surface area contributed by atoms with Gasteiger partial charge in [0.25, 0.3) is 0 Å². The fourth-order valence-corrected chi connectivity index (χ4v) is 0. The van der Waals surface area contributed by atoms with Crippen molar-refractivity contribution in [3.05, 3.63) is 0 Å². The van der Waals surface area contributed by atoms with Crippen molar-refractivity contribution in [1.29, 1.82) is 0 Å². The third-order valence-electron chi connectivity index (χ3n) is 0. The van der Waals surface area contributed by atoms with Crippen molar-refractivity contribution in [1.82, 2.24) is 0 Å². The summed E-state index contributed by atoms with van der Waals surface area (Å²) in [5, 5.41) is 0. The Balaban J connectivity index is 0. The molecular formula is H5CaO2P. The van der Waals surface area contributed by atoms with Crippen molar-refractivity contribution in [3.63, 3.8) is 0 Å². The monoisotopic (exact) mass is 108 g/mol. The van der Waals surface area contributed by atoms with Crippen molar-refractivity contribution in [2.24, 2.45) is 0 Å². The molecule has 0 radical (unpaired) electrons. The zero-order chi connectivity index (χ0) is 2.71. The first-order chi connectivity index (χ1) is 1.41. The van der Waals surface area contributed by atoms with Gasteiger partial charge in [-0.1, -0.05) is 0 Å². The predicted octanol–water partition coefficient (Wildman–Crippen LogP) is -1.27. The van der Waals surface area contributed by atoms with Gasteiger partial charge in [0.05, 0.1) is 0 Å². The molecule has 24 valence electrons. The van der Waals surface area contributed by atoms with Crippen LogP contribution in [0, 0.1) is 0 Å². The topological polar surface area (TPSA) is 37.3 Å². The molecule has 4 heavy (non-hydrogen) atoms. The number of rotatable bonds is 0. The Morgan fingerprint density at radius 3 is 1.75 bits per heavy atom. The molecule has 4 heteroatoms. The van der Waals surface area contributed by atoms with Gasteiger partial charge in [0.2, 0.25) is 0 Å². The summed E-state index contributed by atoms with van der Waals surface area (Å²) in [4.78, 5) is 7.10. The Bertz CT molecular complexity index is 13.5. The molecule has 1 atom stereocenters. The summed E-state index contributed by atoms with van der Waals surface area (Å²) in [6, 6.07) is 0. The van der Waals surface area contributed by atoms with Crippen molar-refractivity contribution in [2.45, 2.75) is 0 Å². The van der Waals surface area contributed by atoms with E-state index in [0.29, 0.717) is 0 Å². The van der Waals surface area contributed by atoms with E-state index in [9.17, 15) is 0 Å². The fourth-order valence-electron chi connectivity index (χ4n) is 0. The first-order valence-electron chi connectivity index (χ1n) is 0.494. The van der Waals surface area contributed by atoms with Gasteiger partial charge in [-0.15, -0.1) is 0 Å². The molecule has 0 saturated carbocycles. The van der Waals surface area contributed by atoms with Crippen LogP contribution in [-0.4, -0.2) is 42.6 Å². The zero-order valence-electron chi connectivity index (χ0n) is 1.43. The van der Waals surface area contributed by atoms with Crippen LogP contribution in [0.15, 0.2) is 0 Å². The molecule has 0 rings (SSSR count). The van der Waals surface area contributed by atoms with Gasteiger partial charge >= 0.3 is 37.7 Å². The Labute approximate surface area is 55.5 Å². The molecule has 0 spiro atoms. The second kappa shape index (κ2) is 8.82. The predicted molar refractivity (Wildman–Crippen MR) is 21.2 cm³/mol. The summed E-state index contributed by atoms with van der Waals surface area (Å²) in [5.41, 5.74) is 0. The quantitative estimate of drug-likeness (QED) is 0.310. The van der Waals surface area contributed by atoms with Crippen molar-refractivity contribution < 1.29 is 9.46 Å². The molecule has 0 aliphatic heterocycles. The standard InChI is InChI=1S/Ca.H3O2P.2H/c;1-3-2;;/h;3H2,(H,1,2);;. The van der Waals surface area contributed by atoms with Crippen LogP contribution in [0.1, 0.15) is 0 Å². The number of hydrogen-bond donors (Lipinski definition) is 1. The molecule has 2 nitrogen and oxygen atoms in total. The molecule has 0 amide bonds. The molecule has 1 unspecified atom stereocenters. The van der Waals surface area contributed by atoms with Crippen LogP contribution in [0.5, 0.6) is 0 Å². The van der Waals surface area contributed by atoms with Gasteiger partial charge in [0.1, 0.15) is 0 Å². The minimum absolute atomic E-state index is 0. The Morgan fingerprint density at radius 1 is 1.75 bits per heavy atom. The van der Waals surface area contributed by atoms with Crippen LogP contribution in [0.3, 0.4) is 0 Å². The summed E-state index contributed by atoms with van der Waals surface area (Å²) < 4.78 is 8.57. The van der Waals surface area contributed by atoms with E-state index >= 15 is 0 Å². The normalized spacial score (nSPS) is 7.25. The molecule has 0 aromatic carbocycles. The summed E-state index contributed by atoms with van der Waals surface area (Å²) in [6.07, 6.45) is 0. The minimum atomic E-state index is -1.50. The van der Waals surface area contributed by atoms with E-state index in [1.807, 2.05) is 0 Å². The van der Waals surface area contributed by atoms with E-state index in [0.717, 1.165) is 0 Å². The van der Waals surface area contributed by atoms with E-state index in [2.05, 4.69) is 0 Å². The first kappa shape index (κ1) is 9.07. The van der Waals surface area contributed by atoms with Gasteiger partial charge in [-0.3, -0.25) is 4.57 Å². The molecule has 0 aliphatic carbocycles. The first-order valence-corrected chi connectivity index (χ1v) is 1.48. The Hall–Kier alpha value is 1.45. The van der Waals surface area contributed by atoms with Gasteiger partial charge in [0.15, 0.2) is 8.69 Å². The van der Waals surface area contributed by atoms with Crippen LogP contribution in [-0.2, 0) is 4.57 Å². The van der Waals surface area contributed by atoms with E-state index in [-0.39, 0.29) is 37.7 Å². The number of hydrogen-bond acceptors (Lipinski definition) is 1. The van der Waals surface area contributed by atoms with Crippen LogP contribution in [0.4, 0.5) is 0 Å². The molecule has 0 aromatic rings. The van der Waals surface area contributed by atoms with E-state index < -0.39 is 8.69 Å². The second-order valence-corrected chi connectivity index (χ2v) is 0.316. The second-order valence-electron chi connectivity index (χ2n) is 0.105. The molecule has 0 bridgehead atoms. The van der Waals surface area contributed by atoms with Gasteiger partial charge in [0, 0.05) is 0 Å². The van der Waals surface area contributed by atoms with Crippen molar-refractivity contribution >= 4 is 46.4 Å². The van der Waals surface area contributed by atoms with Gasteiger partial charge in [-0.05, 0) is 0 Å². The summed E-state index contributed by atoms with van der Waals surface area (Å²) >= 11 is 0. The maximum absolute atomic E-state index is 8.57. The molecule has 1 N–H and O–H groups in total. The van der Waals surface area contributed by atoms with Gasteiger partial charge in [-0.25, -0.2) is 0 Å². The molecule has 0 aromatic heterocycles. The van der Waals surface area contributed by atoms with Crippen LogP contribution in [0.25, 0.3) is 0 Å².